The normalized spacial score (nSPS) is 12.9. The van der Waals surface area contributed by atoms with Crippen molar-refractivity contribution in [1.29, 1.82) is 0 Å². The molecule has 2 heterocycles. The SMILES string of the molecule is CCCC(C(=O)Cc1cnn(-c2cccc(F)c2)c1I)n1nc(C(F)(F)F)c(Cl)c1C. The molecule has 166 valence electrons. The van der Waals surface area contributed by atoms with Crippen molar-refractivity contribution in [3.05, 3.63) is 62.0 Å². The molecule has 0 fully saturated rings. The average Bonchev–Trinajstić information content (AvgIpc) is 3.20. The van der Waals surface area contributed by atoms with Gasteiger partial charge in [0, 0.05) is 12.0 Å². The fraction of sp³-hybridized carbons (Fsp3) is 0.350. The minimum Gasteiger partial charge on any atom is -0.297 e. The number of hydrogen-bond acceptors (Lipinski definition) is 3. The molecular weight excluding hydrogens is 551 g/mol. The summed E-state index contributed by atoms with van der Waals surface area (Å²) in [5, 5.41) is 7.34. The summed E-state index contributed by atoms with van der Waals surface area (Å²) in [7, 11) is 0. The molecule has 0 amide bonds. The van der Waals surface area contributed by atoms with Gasteiger partial charge in [-0.1, -0.05) is 31.0 Å². The van der Waals surface area contributed by atoms with Gasteiger partial charge in [-0.2, -0.15) is 23.4 Å². The lowest BCUT2D eigenvalue weighted by molar-refractivity contribution is -0.141. The summed E-state index contributed by atoms with van der Waals surface area (Å²) < 4.78 is 56.3. The molecule has 0 aliphatic heterocycles. The molecule has 2 aromatic heterocycles. The number of Topliss-reactive ketones (excluding diaryl/α,β-unsaturated/α-hetero) is 1. The number of aromatic nitrogens is 4. The van der Waals surface area contributed by atoms with Crippen LogP contribution in [0.1, 0.15) is 42.8 Å². The first kappa shape index (κ1) is 23.7. The second kappa shape index (κ2) is 9.27. The van der Waals surface area contributed by atoms with E-state index in [-0.39, 0.29) is 17.9 Å². The molecule has 3 rings (SSSR count). The van der Waals surface area contributed by atoms with Crippen LogP contribution in [0.25, 0.3) is 5.69 Å². The van der Waals surface area contributed by atoms with Gasteiger partial charge in [0.15, 0.2) is 11.5 Å². The fourth-order valence-electron chi connectivity index (χ4n) is 3.26. The molecule has 3 aromatic rings. The third-order valence-electron chi connectivity index (χ3n) is 4.77. The van der Waals surface area contributed by atoms with Crippen LogP contribution in [0.15, 0.2) is 30.5 Å². The van der Waals surface area contributed by atoms with Gasteiger partial charge in [0.25, 0.3) is 0 Å². The van der Waals surface area contributed by atoms with E-state index in [4.69, 9.17) is 11.6 Å². The lowest BCUT2D eigenvalue weighted by Gasteiger charge is -2.17. The van der Waals surface area contributed by atoms with E-state index in [1.165, 1.54) is 29.9 Å². The quantitative estimate of drug-likeness (QED) is 0.262. The van der Waals surface area contributed by atoms with Crippen LogP contribution in [0.2, 0.25) is 5.02 Å². The lowest BCUT2D eigenvalue weighted by atomic mass is 10.0. The molecule has 1 atom stereocenters. The fourth-order valence-corrected chi connectivity index (χ4v) is 4.22. The van der Waals surface area contributed by atoms with E-state index in [9.17, 15) is 22.4 Å². The molecule has 31 heavy (non-hydrogen) atoms. The first-order valence-corrected chi connectivity index (χ1v) is 10.8. The van der Waals surface area contributed by atoms with Crippen LogP contribution in [0, 0.1) is 16.4 Å². The van der Waals surface area contributed by atoms with Crippen molar-refractivity contribution in [2.45, 2.75) is 45.3 Å². The van der Waals surface area contributed by atoms with E-state index in [2.05, 4.69) is 10.2 Å². The molecule has 0 bridgehead atoms. The van der Waals surface area contributed by atoms with Crippen molar-refractivity contribution in [2.75, 3.05) is 0 Å². The van der Waals surface area contributed by atoms with Crippen LogP contribution in [0.4, 0.5) is 17.6 Å². The number of carbonyl (C=O) groups excluding carboxylic acids is 1. The highest BCUT2D eigenvalue weighted by atomic mass is 127. The summed E-state index contributed by atoms with van der Waals surface area (Å²) in [6.07, 6.45) is -2.40. The van der Waals surface area contributed by atoms with Gasteiger partial charge in [-0.25, -0.2) is 9.07 Å². The number of ketones is 1. The lowest BCUT2D eigenvalue weighted by Crippen LogP contribution is -2.24. The molecule has 1 aromatic carbocycles. The summed E-state index contributed by atoms with van der Waals surface area (Å²) in [4.78, 5) is 13.1. The Morgan fingerprint density at radius 1 is 1.32 bits per heavy atom. The number of rotatable bonds is 7. The maximum absolute atomic E-state index is 13.5. The van der Waals surface area contributed by atoms with E-state index in [1.54, 1.807) is 12.1 Å². The second-order valence-electron chi connectivity index (χ2n) is 6.99. The molecule has 5 nitrogen and oxygen atoms in total. The largest absolute Gasteiger partial charge is 0.436 e. The minimum absolute atomic E-state index is 0.0590. The maximum atomic E-state index is 13.5. The summed E-state index contributed by atoms with van der Waals surface area (Å²) in [6.45, 7) is 3.24. The molecule has 0 radical (unpaired) electrons. The zero-order valence-electron chi connectivity index (χ0n) is 16.6. The highest BCUT2D eigenvalue weighted by Gasteiger charge is 2.39. The number of carbonyl (C=O) groups is 1. The summed E-state index contributed by atoms with van der Waals surface area (Å²) in [6, 6.07) is 4.96. The highest BCUT2D eigenvalue weighted by Crippen LogP contribution is 2.37. The molecule has 0 aliphatic carbocycles. The monoisotopic (exact) mass is 568 g/mol. The van der Waals surface area contributed by atoms with Gasteiger partial charge < -0.3 is 0 Å². The van der Waals surface area contributed by atoms with Crippen LogP contribution < -0.4 is 0 Å². The van der Waals surface area contributed by atoms with Crippen LogP contribution in [0.5, 0.6) is 0 Å². The zero-order chi connectivity index (χ0) is 22.9. The number of halogens is 6. The third kappa shape index (κ3) is 4.94. The molecule has 0 saturated heterocycles. The summed E-state index contributed by atoms with van der Waals surface area (Å²) in [5.74, 6) is -0.731. The molecular formula is C20H18ClF4IN4O. The van der Waals surface area contributed by atoms with Crippen LogP contribution in [0.3, 0.4) is 0 Å². The Kier molecular flexibility index (Phi) is 7.09. The maximum Gasteiger partial charge on any atom is 0.436 e. The van der Waals surface area contributed by atoms with Gasteiger partial charge in [-0.15, -0.1) is 0 Å². The predicted molar refractivity (Wildman–Crippen MR) is 116 cm³/mol. The van der Waals surface area contributed by atoms with E-state index in [1.807, 2.05) is 29.5 Å². The van der Waals surface area contributed by atoms with Crippen LogP contribution >= 0.6 is 34.2 Å². The standard InChI is InChI=1S/C20H18ClF4IN4O/c1-3-5-15(29-11(2)17(21)18(28-29)20(23,24)25)16(31)8-12-10-27-30(19(12)26)14-7-4-6-13(22)9-14/h4,6-7,9-10,15H,3,5,8H2,1-2H3. The first-order chi connectivity index (χ1) is 14.5. The Morgan fingerprint density at radius 2 is 2.03 bits per heavy atom. The number of hydrogen-bond donors (Lipinski definition) is 0. The summed E-state index contributed by atoms with van der Waals surface area (Å²) in [5.41, 5.74) is -0.0272. The third-order valence-corrected chi connectivity index (χ3v) is 6.37. The highest BCUT2D eigenvalue weighted by molar-refractivity contribution is 14.1. The van der Waals surface area contributed by atoms with Gasteiger partial charge in [-0.05, 0) is 54.1 Å². The van der Waals surface area contributed by atoms with Crippen LogP contribution in [-0.4, -0.2) is 25.3 Å². The van der Waals surface area contributed by atoms with E-state index in [0.717, 1.165) is 4.68 Å². The van der Waals surface area contributed by atoms with Crippen LogP contribution in [-0.2, 0) is 17.4 Å². The smallest absolute Gasteiger partial charge is 0.297 e. The van der Waals surface area contributed by atoms with Crippen molar-refractivity contribution in [1.82, 2.24) is 19.6 Å². The number of nitrogens with zero attached hydrogens (tertiary/aromatic N) is 4. The molecule has 0 spiro atoms. The molecule has 0 saturated carbocycles. The van der Waals surface area contributed by atoms with Gasteiger partial charge >= 0.3 is 6.18 Å². The van der Waals surface area contributed by atoms with Crippen molar-refractivity contribution in [3.8, 4) is 5.69 Å². The van der Waals surface area contributed by atoms with E-state index in [0.29, 0.717) is 27.8 Å². The van der Waals surface area contributed by atoms with Crippen molar-refractivity contribution < 1.29 is 22.4 Å². The first-order valence-electron chi connectivity index (χ1n) is 9.37. The van der Waals surface area contributed by atoms with Gasteiger partial charge in [0.05, 0.1) is 22.6 Å². The Hall–Kier alpha value is -1.95. The Morgan fingerprint density at radius 3 is 2.61 bits per heavy atom. The molecule has 1 unspecified atom stereocenters. The molecule has 11 heteroatoms. The summed E-state index contributed by atoms with van der Waals surface area (Å²) >= 11 is 7.86. The van der Waals surface area contributed by atoms with Crippen molar-refractivity contribution in [3.63, 3.8) is 0 Å². The molecule has 0 N–H and O–H groups in total. The predicted octanol–water partition coefficient (Wildman–Crippen LogP) is 5.95. The van der Waals surface area contributed by atoms with Crippen molar-refractivity contribution in [2.24, 2.45) is 0 Å². The van der Waals surface area contributed by atoms with Gasteiger partial charge in [0.2, 0.25) is 0 Å². The number of alkyl halides is 3. The molecule has 0 aliphatic rings. The minimum atomic E-state index is -4.71. The number of benzene rings is 1. The second-order valence-corrected chi connectivity index (χ2v) is 8.39. The Labute approximate surface area is 194 Å². The average molecular weight is 569 g/mol. The van der Waals surface area contributed by atoms with Gasteiger partial charge in [-0.3, -0.25) is 9.48 Å². The topological polar surface area (TPSA) is 52.7 Å². The van der Waals surface area contributed by atoms with Gasteiger partial charge in [0.1, 0.15) is 15.6 Å². The zero-order valence-corrected chi connectivity index (χ0v) is 19.5. The Balaban J connectivity index is 1.91. The van der Waals surface area contributed by atoms with E-state index >= 15 is 0 Å². The van der Waals surface area contributed by atoms with E-state index < -0.39 is 28.8 Å². The van der Waals surface area contributed by atoms with Crippen molar-refractivity contribution >= 4 is 40.0 Å². The Bertz CT molecular complexity index is 1110.